The van der Waals surface area contributed by atoms with Gasteiger partial charge in [0.25, 0.3) is 0 Å². The van der Waals surface area contributed by atoms with Crippen molar-refractivity contribution in [2.75, 3.05) is 13.7 Å². The van der Waals surface area contributed by atoms with Gasteiger partial charge in [-0.1, -0.05) is 36.8 Å². The minimum Gasteiger partial charge on any atom is -0.468 e. The molecular formula is C18H24N2O2. The number of esters is 1. The number of methoxy groups -OCH3 is 1. The number of carbonyl (C=O) groups is 1. The molecule has 1 aromatic rings. The number of ether oxygens (including phenoxy) is 1. The van der Waals surface area contributed by atoms with Gasteiger partial charge in [0, 0.05) is 18.5 Å². The lowest BCUT2D eigenvalue weighted by molar-refractivity contribution is -0.146. The highest BCUT2D eigenvalue weighted by molar-refractivity contribution is 5.83. The Morgan fingerprint density at radius 2 is 2.14 bits per heavy atom. The molecule has 3 atom stereocenters. The van der Waals surface area contributed by atoms with Crippen LogP contribution in [0.1, 0.15) is 38.2 Å². The first-order chi connectivity index (χ1) is 10.6. The molecular weight excluding hydrogens is 276 g/mol. The van der Waals surface area contributed by atoms with Crippen molar-refractivity contribution in [3.63, 3.8) is 0 Å². The molecule has 1 aliphatic rings. The zero-order valence-electron chi connectivity index (χ0n) is 13.3. The summed E-state index contributed by atoms with van der Waals surface area (Å²) in [6.45, 7) is 2.43. The predicted molar refractivity (Wildman–Crippen MR) is 85.2 cm³/mol. The fraction of sp³-hybridized carbons (Fsp3) is 0.556. The third kappa shape index (κ3) is 3.66. The van der Waals surface area contributed by atoms with Crippen LogP contribution in [0.5, 0.6) is 0 Å². The van der Waals surface area contributed by atoms with Crippen molar-refractivity contribution < 1.29 is 9.53 Å². The topological polar surface area (TPSA) is 62.1 Å². The summed E-state index contributed by atoms with van der Waals surface area (Å²) in [5.41, 5.74) is 0.234. The number of carbonyl (C=O) groups excluding carboxylic acids is 1. The van der Waals surface area contributed by atoms with E-state index in [1.807, 2.05) is 37.3 Å². The Morgan fingerprint density at radius 3 is 2.77 bits per heavy atom. The van der Waals surface area contributed by atoms with Gasteiger partial charge in [-0.15, -0.1) is 0 Å². The van der Waals surface area contributed by atoms with Gasteiger partial charge in [-0.2, -0.15) is 5.26 Å². The molecule has 22 heavy (non-hydrogen) atoms. The number of hydrogen-bond acceptors (Lipinski definition) is 4. The molecule has 2 rings (SSSR count). The van der Waals surface area contributed by atoms with Crippen LogP contribution in [0.3, 0.4) is 0 Å². The van der Waals surface area contributed by atoms with Crippen LogP contribution in [-0.2, 0) is 14.9 Å². The summed E-state index contributed by atoms with van der Waals surface area (Å²) in [5, 5.41) is 12.6. The molecule has 1 fully saturated rings. The molecule has 1 aromatic carbocycles. The minimum atomic E-state index is -0.713. The van der Waals surface area contributed by atoms with Gasteiger partial charge in [0.15, 0.2) is 0 Å². The van der Waals surface area contributed by atoms with E-state index >= 15 is 0 Å². The molecule has 0 aromatic heterocycles. The zero-order valence-corrected chi connectivity index (χ0v) is 13.3. The van der Waals surface area contributed by atoms with Crippen LogP contribution >= 0.6 is 0 Å². The number of nitrogens with zero attached hydrogens (tertiary/aromatic N) is 1. The van der Waals surface area contributed by atoms with Gasteiger partial charge in [-0.25, -0.2) is 0 Å². The number of benzene rings is 1. The van der Waals surface area contributed by atoms with Crippen molar-refractivity contribution in [1.29, 1.82) is 5.26 Å². The molecule has 1 aliphatic carbocycles. The van der Waals surface area contributed by atoms with Crippen LogP contribution in [0, 0.1) is 17.2 Å². The Kier molecular flexibility index (Phi) is 5.57. The Bertz CT molecular complexity index is 538. The fourth-order valence-electron chi connectivity index (χ4n) is 3.16. The van der Waals surface area contributed by atoms with Crippen molar-refractivity contribution in [2.45, 2.75) is 44.1 Å². The fourth-order valence-corrected chi connectivity index (χ4v) is 3.16. The lowest BCUT2D eigenvalue weighted by Gasteiger charge is -2.32. The van der Waals surface area contributed by atoms with Gasteiger partial charge in [0.1, 0.15) is 5.41 Å². The lowest BCUT2D eigenvalue weighted by atomic mass is 9.81. The van der Waals surface area contributed by atoms with Crippen LogP contribution in [0.25, 0.3) is 0 Å². The molecule has 0 unspecified atom stereocenters. The van der Waals surface area contributed by atoms with E-state index in [2.05, 4.69) is 11.4 Å². The van der Waals surface area contributed by atoms with Gasteiger partial charge < -0.3 is 10.1 Å². The zero-order chi connectivity index (χ0) is 16.0. The summed E-state index contributed by atoms with van der Waals surface area (Å²) in [7, 11) is 1.43. The van der Waals surface area contributed by atoms with Crippen LogP contribution in [0.15, 0.2) is 30.3 Å². The molecule has 0 radical (unpaired) electrons. The largest absolute Gasteiger partial charge is 0.468 e. The highest BCUT2D eigenvalue weighted by atomic mass is 16.5. The molecule has 0 spiro atoms. The Hall–Kier alpha value is -1.86. The maximum atomic E-state index is 12.3. The molecule has 1 N–H and O–H groups in total. The van der Waals surface area contributed by atoms with Crippen molar-refractivity contribution in [3.8, 4) is 6.07 Å². The average Bonchev–Trinajstić information content (AvgIpc) is 2.59. The third-order valence-corrected chi connectivity index (χ3v) is 4.65. The smallest absolute Gasteiger partial charge is 0.317 e. The van der Waals surface area contributed by atoms with Crippen LogP contribution < -0.4 is 5.32 Å². The van der Waals surface area contributed by atoms with E-state index in [0.29, 0.717) is 12.6 Å². The quantitative estimate of drug-likeness (QED) is 0.849. The van der Waals surface area contributed by atoms with Crippen molar-refractivity contribution in [2.24, 2.45) is 5.92 Å². The monoisotopic (exact) mass is 300 g/mol. The summed E-state index contributed by atoms with van der Waals surface area (Å²) in [6, 6.07) is 12.4. The number of hydrogen-bond donors (Lipinski definition) is 1. The first kappa shape index (κ1) is 16.5. The molecule has 4 heteroatoms. The Morgan fingerprint density at radius 1 is 1.41 bits per heavy atom. The van der Waals surface area contributed by atoms with E-state index in [4.69, 9.17) is 10.00 Å². The highest BCUT2D eigenvalue weighted by Crippen LogP contribution is 2.27. The second kappa shape index (κ2) is 7.42. The first-order valence-corrected chi connectivity index (χ1v) is 7.87. The second-order valence-electron chi connectivity index (χ2n) is 6.26. The molecule has 4 nitrogen and oxygen atoms in total. The van der Waals surface area contributed by atoms with E-state index in [1.165, 1.54) is 7.11 Å². The lowest BCUT2D eigenvalue weighted by Crippen LogP contribution is -2.47. The number of nitrogens with one attached hydrogen (secondary N) is 1. The predicted octanol–water partition coefficient (Wildman–Crippen LogP) is 2.79. The van der Waals surface area contributed by atoms with Crippen molar-refractivity contribution in [1.82, 2.24) is 5.32 Å². The van der Waals surface area contributed by atoms with E-state index in [-0.39, 0.29) is 11.9 Å². The number of rotatable bonds is 5. The van der Waals surface area contributed by atoms with E-state index < -0.39 is 5.41 Å². The molecule has 0 aliphatic heterocycles. The normalized spacial score (nSPS) is 24.0. The standard InChI is InChI=1S/C18H24N2O2/c1-18(17(21)22-2,15-8-4-3-5-9-15)13-20-16-10-6-7-14(11-16)12-19/h3-5,8-9,14,16,20H,6-7,10-11,13H2,1-2H3/t14-,16-,18+/m0/s1. The molecule has 0 saturated heterocycles. The van der Waals surface area contributed by atoms with E-state index in [0.717, 1.165) is 31.2 Å². The van der Waals surface area contributed by atoms with Crippen molar-refractivity contribution >= 4 is 5.97 Å². The summed E-state index contributed by atoms with van der Waals surface area (Å²) in [5.74, 6) is -0.105. The Labute approximate surface area is 132 Å². The first-order valence-electron chi connectivity index (χ1n) is 7.87. The van der Waals surface area contributed by atoms with Gasteiger partial charge in [-0.3, -0.25) is 4.79 Å². The summed E-state index contributed by atoms with van der Waals surface area (Å²) in [4.78, 5) is 12.3. The molecule has 0 heterocycles. The van der Waals surface area contributed by atoms with Gasteiger partial charge in [-0.05, 0) is 31.7 Å². The highest BCUT2D eigenvalue weighted by Gasteiger charge is 2.37. The van der Waals surface area contributed by atoms with E-state index in [1.54, 1.807) is 0 Å². The van der Waals surface area contributed by atoms with Gasteiger partial charge in [0.2, 0.25) is 0 Å². The molecule has 0 bridgehead atoms. The minimum absolute atomic E-state index is 0.132. The van der Waals surface area contributed by atoms with Crippen molar-refractivity contribution in [3.05, 3.63) is 35.9 Å². The molecule has 1 saturated carbocycles. The van der Waals surface area contributed by atoms with Crippen LogP contribution in [-0.4, -0.2) is 25.7 Å². The van der Waals surface area contributed by atoms with Crippen LogP contribution in [0.4, 0.5) is 0 Å². The molecule has 118 valence electrons. The van der Waals surface area contributed by atoms with Crippen LogP contribution in [0.2, 0.25) is 0 Å². The third-order valence-electron chi connectivity index (χ3n) is 4.65. The second-order valence-corrected chi connectivity index (χ2v) is 6.26. The average molecular weight is 300 g/mol. The Balaban J connectivity index is 2.08. The summed E-state index contributed by atoms with van der Waals surface area (Å²) < 4.78 is 5.02. The number of nitriles is 1. The SMILES string of the molecule is COC(=O)[C@](C)(CN[C@H]1CCC[C@H](C#N)C1)c1ccccc1. The summed E-state index contributed by atoms with van der Waals surface area (Å²) in [6.07, 6.45) is 3.98. The molecule has 0 amide bonds. The van der Waals surface area contributed by atoms with Gasteiger partial charge in [0.05, 0.1) is 13.2 Å². The van der Waals surface area contributed by atoms with Gasteiger partial charge >= 0.3 is 5.97 Å². The maximum Gasteiger partial charge on any atom is 0.317 e. The summed E-state index contributed by atoms with van der Waals surface area (Å²) >= 11 is 0. The van der Waals surface area contributed by atoms with E-state index in [9.17, 15) is 4.79 Å². The maximum absolute atomic E-state index is 12.3.